The fourth-order valence-electron chi connectivity index (χ4n) is 3.23. The summed E-state index contributed by atoms with van der Waals surface area (Å²) in [6, 6.07) is 9.61. The molecule has 2 aromatic rings. The van der Waals surface area contributed by atoms with Crippen molar-refractivity contribution in [1.82, 2.24) is 0 Å². The zero-order valence-electron chi connectivity index (χ0n) is 16.8. The molecule has 1 fully saturated rings. The molecule has 2 aromatic carbocycles. The minimum absolute atomic E-state index is 0.0373. The molecule has 12 heteroatoms. The van der Waals surface area contributed by atoms with E-state index >= 15 is 0 Å². The van der Waals surface area contributed by atoms with Crippen LogP contribution in [0.25, 0.3) is 0 Å². The lowest BCUT2D eigenvalue weighted by atomic mass is 10.1. The Kier molecular flexibility index (Phi) is 6.42. The fraction of sp³-hybridized carbons (Fsp3) is 0.250. The van der Waals surface area contributed by atoms with Crippen LogP contribution in [0.2, 0.25) is 0 Å². The Bertz CT molecular complexity index is 1120. The van der Waals surface area contributed by atoms with Crippen LogP contribution >= 0.6 is 0 Å². The summed E-state index contributed by atoms with van der Waals surface area (Å²) in [7, 11) is 0. The molecular formula is C20H18N4O8. The van der Waals surface area contributed by atoms with Crippen LogP contribution in [0.4, 0.5) is 22.7 Å². The van der Waals surface area contributed by atoms with Crippen molar-refractivity contribution in [3.63, 3.8) is 0 Å². The number of esters is 1. The van der Waals surface area contributed by atoms with E-state index in [0.29, 0.717) is 11.3 Å². The maximum absolute atomic E-state index is 12.3. The fourth-order valence-corrected chi connectivity index (χ4v) is 3.23. The summed E-state index contributed by atoms with van der Waals surface area (Å²) in [6.07, 6.45) is -0.160. The molecule has 1 aliphatic heterocycles. The molecule has 166 valence electrons. The molecule has 1 saturated heterocycles. The van der Waals surface area contributed by atoms with E-state index in [1.807, 2.05) is 0 Å². The number of rotatable bonds is 7. The van der Waals surface area contributed by atoms with Crippen LogP contribution in [0.3, 0.4) is 0 Å². The number of non-ortho nitro benzene ring substituents is 1. The van der Waals surface area contributed by atoms with Gasteiger partial charge in [0, 0.05) is 42.4 Å². The SMILES string of the molecule is Cc1ccc(N2C[C@H](C(=O)OCC(=O)Nc3cccc([N+](=O)[O-])c3)CC2=O)cc1[N+](=O)[O-]. The summed E-state index contributed by atoms with van der Waals surface area (Å²) in [4.78, 5) is 58.7. The zero-order valence-corrected chi connectivity index (χ0v) is 16.8. The van der Waals surface area contributed by atoms with Crippen molar-refractivity contribution in [1.29, 1.82) is 0 Å². The van der Waals surface area contributed by atoms with Crippen molar-refractivity contribution in [2.45, 2.75) is 13.3 Å². The Balaban J connectivity index is 1.57. The Hall–Kier alpha value is -4.35. The predicted octanol–water partition coefficient (Wildman–Crippen LogP) is 2.35. The van der Waals surface area contributed by atoms with Crippen molar-refractivity contribution < 1.29 is 29.0 Å². The highest BCUT2D eigenvalue weighted by Crippen LogP contribution is 2.30. The Morgan fingerprint density at radius 1 is 1.16 bits per heavy atom. The van der Waals surface area contributed by atoms with E-state index in [4.69, 9.17) is 4.74 Å². The van der Waals surface area contributed by atoms with Crippen molar-refractivity contribution >= 4 is 40.5 Å². The number of nitro groups is 2. The number of nitrogens with zero attached hydrogens (tertiary/aromatic N) is 3. The summed E-state index contributed by atoms with van der Waals surface area (Å²) < 4.78 is 4.98. The number of anilines is 2. The summed E-state index contributed by atoms with van der Waals surface area (Å²) in [6.45, 7) is 0.902. The highest BCUT2D eigenvalue weighted by Gasteiger charge is 2.37. The van der Waals surface area contributed by atoms with E-state index in [9.17, 15) is 34.6 Å². The first-order valence-corrected chi connectivity index (χ1v) is 9.42. The van der Waals surface area contributed by atoms with E-state index in [-0.39, 0.29) is 30.0 Å². The lowest BCUT2D eigenvalue weighted by molar-refractivity contribution is -0.385. The highest BCUT2D eigenvalue weighted by molar-refractivity contribution is 6.00. The minimum atomic E-state index is -0.839. The lowest BCUT2D eigenvalue weighted by Gasteiger charge is -2.16. The van der Waals surface area contributed by atoms with Gasteiger partial charge in [-0.3, -0.25) is 34.6 Å². The van der Waals surface area contributed by atoms with Crippen LogP contribution in [-0.4, -0.2) is 40.8 Å². The first-order chi connectivity index (χ1) is 15.2. The highest BCUT2D eigenvalue weighted by atomic mass is 16.6. The number of aryl methyl sites for hydroxylation is 1. The van der Waals surface area contributed by atoms with E-state index < -0.39 is 40.2 Å². The van der Waals surface area contributed by atoms with Gasteiger partial charge in [-0.1, -0.05) is 12.1 Å². The van der Waals surface area contributed by atoms with E-state index in [0.717, 1.165) is 6.07 Å². The second kappa shape index (κ2) is 9.20. The van der Waals surface area contributed by atoms with Crippen LogP contribution in [0.1, 0.15) is 12.0 Å². The predicted molar refractivity (Wildman–Crippen MR) is 111 cm³/mol. The van der Waals surface area contributed by atoms with Crippen LogP contribution in [0, 0.1) is 33.1 Å². The molecule has 0 saturated carbocycles. The number of nitrogens with one attached hydrogen (secondary N) is 1. The van der Waals surface area contributed by atoms with E-state index in [1.165, 1.54) is 35.2 Å². The van der Waals surface area contributed by atoms with Gasteiger partial charge < -0.3 is 15.0 Å². The third-order valence-electron chi connectivity index (χ3n) is 4.85. The monoisotopic (exact) mass is 442 g/mol. The van der Waals surface area contributed by atoms with Gasteiger partial charge in [0.25, 0.3) is 17.3 Å². The average molecular weight is 442 g/mol. The molecular weight excluding hydrogens is 424 g/mol. The third kappa shape index (κ3) is 5.03. The average Bonchev–Trinajstić information content (AvgIpc) is 3.14. The van der Waals surface area contributed by atoms with Gasteiger partial charge in [0.05, 0.1) is 21.5 Å². The minimum Gasteiger partial charge on any atom is -0.455 e. The van der Waals surface area contributed by atoms with Crippen molar-refractivity contribution in [3.05, 3.63) is 68.3 Å². The number of hydrogen-bond acceptors (Lipinski definition) is 8. The van der Waals surface area contributed by atoms with Gasteiger partial charge in [0.2, 0.25) is 5.91 Å². The molecule has 1 atom stereocenters. The first-order valence-electron chi connectivity index (χ1n) is 9.42. The molecule has 0 unspecified atom stereocenters. The summed E-state index contributed by atoms with van der Waals surface area (Å²) >= 11 is 0. The standard InChI is InChI=1S/C20H18N4O8/c1-12-5-6-15(9-17(12)24(30)31)22-10-13(7-19(22)26)20(27)32-11-18(25)21-14-3-2-4-16(8-14)23(28)29/h2-6,8-9,13H,7,10-11H2,1H3,(H,21,25)/t13-/m1/s1. The van der Waals surface area contributed by atoms with Crippen LogP contribution in [0.15, 0.2) is 42.5 Å². The van der Waals surface area contributed by atoms with Crippen LogP contribution in [0.5, 0.6) is 0 Å². The number of benzene rings is 2. The van der Waals surface area contributed by atoms with Crippen molar-refractivity contribution in [2.75, 3.05) is 23.4 Å². The van der Waals surface area contributed by atoms with Gasteiger partial charge in [-0.25, -0.2) is 0 Å². The van der Waals surface area contributed by atoms with Crippen LogP contribution in [-0.2, 0) is 19.1 Å². The largest absolute Gasteiger partial charge is 0.455 e. The number of ether oxygens (including phenoxy) is 1. The number of carbonyl (C=O) groups excluding carboxylic acids is 3. The summed E-state index contributed by atoms with van der Waals surface area (Å²) in [5.74, 6) is -2.70. The van der Waals surface area contributed by atoms with E-state index in [1.54, 1.807) is 13.0 Å². The normalized spacial score (nSPS) is 15.3. The van der Waals surface area contributed by atoms with Crippen molar-refractivity contribution in [3.8, 4) is 0 Å². The zero-order chi connectivity index (χ0) is 23.4. The number of nitro benzene ring substituents is 2. The molecule has 0 spiro atoms. The Morgan fingerprint density at radius 2 is 1.91 bits per heavy atom. The Labute approximate surface area is 181 Å². The van der Waals surface area contributed by atoms with Gasteiger partial charge in [0.15, 0.2) is 6.61 Å². The summed E-state index contributed by atoms with van der Waals surface area (Å²) in [5.41, 5.74) is 0.561. The van der Waals surface area contributed by atoms with Gasteiger partial charge in [-0.05, 0) is 19.1 Å². The molecule has 1 N–H and O–H groups in total. The van der Waals surface area contributed by atoms with Gasteiger partial charge in [-0.2, -0.15) is 0 Å². The second-order valence-electron chi connectivity index (χ2n) is 7.10. The van der Waals surface area contributed by atoms with Gasteiger partial charge in [-0.15, -0.1) is 0 Å². The molecule has 0 aliphatic carbocycles. The molecule has 12 nitrogen and oxygen atoms in total. The topological polar surface area (TPSA) is 162 Å². The number of amides is 2. The van der Waals surface area contributed by atoms with Crippen LogP contribution < -0.4 is 10.2 Å². The molecule has 32 heavy (non-hydrogen) atoms. The van der Waals surface area contributed by atoms with E-state index in [2.05, 4.69) is 5.32 Å². The molecule has 0 bridgehead atoms. The molecule has 1 aliphatic rings. The van der Waals surface area contributed by atoms with Gasteiger partial charge in [0.1, 0.15) is 0 Å². The molecule has 1 heterocycles. The summed E-state index contributed by atoms with van der Waals surface area (Å²) in [5, 5.41) is 24.3. The molecule has 3 rings (SSSR count). The van der Waals surface area contributed by atoms with Crippen molar-refractivity contribution in [2.24, 2.45) is 5.92 Å². The lowest BCUT2D eigenvalue weighted by Crippen LogP contribution is -2.28. The first kappa shape index (κ1) is 22.3. The maximum Gasteiger partial charge on any atom is 0.311 e. The Morgan fingerprint density at radius 3 is 2.59 bits per heavy atom. The third-order valence-corrected chi connectivity index (χ3v) is 4.85. The second-order valence-corrected chi connectivity index (χ2v) is 7.10. The number of carbonyl (C=O) groups is 3. The smallest absolute Gasteiger partial charge is 0.311 e. The molecule has 0 radical (unpaired) electrons. The maximum atomic E-state index is 12.3. The van der Waals surface area contributed by atoms with Gasteiger partial charge >= 0.3 is 5.97 Å². The number of hydrogen-bond donors (Lipinski definition) is 1. The quantitative estimate of drug-likeness (QED) is 0.388. The molecule has 2 amide bonds. The molecule has 0 aromatic heterocycles.